The normalized spacial score (nSPS) is 32.4. The molecule has 2 unspecified atom stereocenters. The van der Waals surface area contributed by atoms with Crippen LogP contribution in [0.3, 0.4) is 0 Å². The first-order chi connectivity index (χ1) is 28.3. The van der Waals surface area contributed by atoms with E-state index in [0.717, 1.165) is 108 Å². The van der Waals surface area contributed by atoms with Gasteiger partial charge in [0.1, 0.15) is 17.5 Å². The number of carbonyl (C=O) groups is 1. The second-order valence-electron chi connectivity index (χ2n) is 19.5. The largest absolute Gasteiger partial charge is 0.476 e. The molecule has 11 rings (SSSR count). The summed E-state index contributed by atoms with van der Waals surface area (Å²) in [7, 11) is 2.21. The van der Waals surface area contributed by atoms with Gasteiger partial charge in [0.2, 0.25) is 0 Å². The Morgan fingerprint density at radius 1 is 0.949 bits per heavy atom. The summed E-state index contributed by atoms with van der Waals surface area (Å²) >= 11 is 1.62. The van der Waals surface area contributed by atoms with Crippen molar-refractivity contribution in [1.29, 1.82) is 0 Å². The van der Waals surface area contributed by atoms with Gasteiger partial charge in [-0.05, 0) is 112 Å². The maximum absolute atomic E-state index is 13.0. The number of pyridine rings is 1. The number of benzene rings is 1. The number of anilines is 2. The topological polar surface area (TPSA) is 136 Å². The number of allylic oxidation sites excluding steroid dienone is 2. The Hall–Kier alpha value is -4.50. The van der Waals surface area contributed by atoms with E-state index >= 15 is 0 Å². The summed E-state index contributed by atoms with van der Waals surface area (Å²) in [6.07, 6.45) is 9.60. The standard InChI is InChI=1S/C45H56N10O3S/c1-28-30-9-8-14-54(38(30)51-50-37(28)49-40-47-33-10-6-7-11-34(33)59-40)35-13-12-31(36(48-35)39(56)57)32-21-46-55(29(32)2)27-43-22-41(3)24-44(25-42(4,23-43)45(41,44)26-43)58-20-19-53-17-15-52(5)16-18-53/h6-7,10-13,21,50-51H,8-9,14-20,22-27H2,1-5H3,(H,47,49)(H,56,57). The van der Waals surface area contributed by atoms with E-state index in [4.69, 9.17) is 19.8 Å². The lowest BCUT2D eigenvalue weighted by Crippen LogP contribution is -2.82. The summed E-state index contributed by atoms with van der Waals surface area (Å²) in [6, 6.07) is 12.0. The fraction of sp³-hybridized carbons (Fsp3) is 0.556. The third-order valence-corrected chi connectivity index (χ3v) is 17.0. The summed E-state index contributed by atoms with van der Waals surface area (Å²) < 4.78 is 10.3. The molecule has 1 aromatic carbocycles. The zero-order valence-electron chi connectivity index (χ0n) is 35.0. The van der Waals surface area contributed by atoms with Crippen molar-refractivity contribution in [1.82, 2.24) is 40.4 Å². The molecule has 1 spiro atoms. The summed E-state index contributed by atoms with van der Waals surface area (Å²) in [4.78, 5) is 29.6. The Balaban J connectivity index is 0.819. The molecule has 1 saturated heterocycles. The van der Waals surface area contributed by atoms with Gasteiger partial charge in [-0.2, -0.15) is 5.10 Å². The molecule has 0 radical (unpaired) electrons. The predicted molar refractivity (Wildman–Crippen MR) is 230 cm³/mol. The number of piperazine rings is 1. The minimum atomic E-state index is -1.05. The van der Waals surface area contributed by atoms with Gasteiger partial charge < -0.3 is 25.0 Å². The van der Waals surface area contributed by atoms with Crippen LogP contribution < -0.4 is 21.1 Å². The Morgan fingerprint density at radius 2 is 1.73 bits per heavy atom. The van der Waals surface area contributed by atoms with Gasteiger partial charge in [-0.15, -0.1) is 0 Å². The maximum Gasteiger partial charge on any atom is 0.355 e. The van der Waals surface area contributed by atoms with Gasteiger partial charge in [0.05, 0.1) is 28.6 Å². The minimum absolute atomic E-state index is 0.0230. The van der Waals surface area contributed by atoms with Crippen molar-refractivity contribution in [2.75, 3.05) is 63.1 Å². The fourth-order valence-corrected chi connectivity index (χ4v) is 14.9. The molecule has 3 aromatic heterocycles. The average Bonchev–Trinajstić information content (AvgIpc) is 3.91. The predicted octanol–water partition coefficient (Wildman–Crippen LogP) is 6.82. The molecule has 6 heterocycles. The molecule has 0 amide bonds. The highest BCUT2D eigenvalue weighted by Crippen LogP contribution is 2.95. The van der Waals surface area contributed by atoms with Gasteiger partial charge in [-0.1, -0.05) is 37.3 Å². The Bertz CT molecular complexity index is 2410. The fourth-order valence-electron chi connectivity index (χ4n) is 14.0. The van der Waals surface area contributed by atoms with E-state index in [1.807, 2.05) is 36.5 Å². The minimum Gasteiger partial charge on any atom is -0.476 e. The number of carboxylic acid groups (broad SMARTS) is 1. The van der Waals surface area contributed by atoms with Crippen LogP contribution in [0.1, 0.15) is 81.9 Å². The van der Waals surface area contributed by atoms with Crippen LogP contribution in [0.4, 0.5) is 10.9 Å². The van der Waals surface area contributed by atoms with Crippen molar-refractivity contribution >= 4 is 38.5 Å². The number of ether oxygens (including phenoxy) is 1. The van der Waals surface area contributed by atoms with Gasteiger partial charge in [0.25, 0.3) is 0 Å². The van der Waals surface area contributed by atoms with Crippen LogP contribution in [0.2, 0.25) is 0 Å². The van der Waals surface area contributed by atoms with Crippen LogP contribution in [-0.2, 0) is 11.3 Å². The third kappa shape index (κ3) is 5.37. The molecule has 7 aliphatic rings. The van der Waals surface area contributed by atoms with Crippen LogP contribution in [0.5, 0.6) is 0 Å². The van der Waals surface area contributed by atoms with Crippen molar-refractivity contribution < 1.29 is 14.6 Å². The zero-order valence-corrected chi connectivity index (χ0v) is 35.8. The molecular formula is C45H56N10O3S. The highest BCUT2D eigenvalue weighted by molar-refractivity contribution is 7.22. The Kier molecular flexibility index (Phi) is 8.26. The maximum atomic E-state index is 13.0. The second kappa shape index (κ2) is 13.0. The molecule has 3 aliphatic heterocycles. The molecule has 13 nitrogen and oxygen atoms in total. The summed E-state index contributed by atoms with van der Waals surface area (Å²) in [5, 5.41) is 19.9. The number of hydrogen-bond donors (Lipinski definition) is 4. The molecule has 4 N–H and O–H groups in total. The van der Waals surface area contributed by atoms with E-state index in [1.165, 1.54) is 32.1 Å². The number of nitrogens with one attached hydrogen (secondary N) is 3. The summed E-state index contributed by atoms with van der Waals surface area (Å²) in [5.74, 6) is 1.31. The zero-order chi connectivity index (χ0) is 40.5. The lowest BCUT2D eigenvalue weighted by molar-refractivity contribution is -0.397. The molecule has 2 bridgehead atoms. The van der Waals surface area contributed by atoms with Gasteiger partial charge in [0, 0.05) is 73.6 Å². The molecule has 14 heteroatoms. The smallest absolute Gasteiger partial charge is 0.355 e. The van der Waals surface area contributed by atoms with Gasteiger partial charge >= 0.3 is 5.97 Å². The average molecular weight is 817 g/mol. The molecule has 2 atom stereocenters. The molecule has 4 aromatic rings. The number of hydrazine groups is 1. The van der Waals surface area contributed by atoms with Crippen LogP contribution >= 0.6 is 11.3 Å². The number of aromatic carboxylic acids is 1. The van der Waals surface area contributed by atoms with E-state index < -0.39 is 5.97 Å². The first kappa shape index (κ1) is 37.5. The number of fused-ring (bicyclic) bond motifs is 2. The highest BCUT2D eigenvalue weighted by Gasteiger charge is 2.93. The van der Waals surface area contributed by atoms with Crippen LogP contribution in [0.15, 0.2) is 65.4 Å². The van der Waals surface area contributed by atoms with Crippen LogP contribution in [0, 0.1) is 28.6 Å². The third-order valence-electron chi connectivity index (χ3n) is 16.0. The molecule has 310 valence electrons. The van der Waals surface area contributed by atoms with Crippen molar-refractivity contribution in [2.24, 2.45) is 21.7 Å². The van der Waals surface area contributed by atoms with Crippen LogP contribution in [0.25, 0.3) is 21.3 Å². The lowest BCUT2D eigenvalue weighted by atomic mass is 9.25. The van der Waals surface area contributed by atoms with Gasteiger partial charge in [-0.3, -0.25) is 20.4 Å². The van der Waals surface area contributed by atoms with E-state index in [-0.39, 0.29) is 22.1 Å². The number of nitrogens with zero attached hydrogens (tertiary/aromatic N) is 7. The van der Waals surface area contributed by atoms with Crippen molar-refractivity contribution in [3.8, 4) is 11.1 Å². The first-order valence-corrected chi connectivity index (χ1v) is 22.3. The molecule has 59 heavy (non-hydrogen) atoms. The number of likely N-dealkylation sites (N-methyl/N-ethyl adjacent to an activating group) is 1. The first-order valence-electron chi connectivity index (χ1n) is 21.5. The van der Waals surface area contributed by atoms with Gasteiger partial charge in [0.15, 0.2) is 10.8 Å². The van der Waals surface area contributed by atoms with E-state index in [2.05, 4.69) is 76.4 Å². The number of para-hydroxylation sites is 1. The molecular weight excluding hydrogens is 761 g/mol. The Labute approximate surface area is 349 Å². The van der Waals surface area contributed by atoms with Crippen molar-refractivity contribution in [2.45, 2.75) is 84.8 Å². The number of hydrogen-bond acceptors (Lipinski definition) is 12. The lowest BCUT2D eigenvalue weighted by Gasteiger charge is -2.82. The number of aromatic nitrogens is 4. The number of thiazole rings is 1. The second-order valence-corrected chi connectivity index (χ2v) is 20.5. The highest BCUT2D eigenvalue weighted by atomic mass is 32.1. The molecule has 4 aliphatic carbocycles. The van der Waals surface area contributed by atoms with Crippen LogP contribution in [-0.4, -0.2) is 99.1 Å². The molecule has 5 fully saturated rings. The molecule has 4 saturated carbocycles. The van der Waals surface area contributed by atoms with Gasteiger partial charge in [-0.25, -0.2) is 14.8 Å². The van der Waals surface area contributed by atoms with Crippen molar-refractivity contribution in [3.63, 3.8) is 0 Å². The van der Waals surface area contributed by atoms with Crippen molar-refractivity contribution in [3.05, 3.63) is 76.8 Å². The number of rotatable bonds is 11. The van der Waals surface area contributed by atoms with E-state index in [1.54, 1.807) is 11.3 Å². The quantitative estimate of drug-likeness (QED) is 0.127. The monoisotopic (exact) mass is 816 g/mol. The Morgan fingerprint density at radius 3 is 2.49 bits per heavy atom. The number of carboxylic acids is 1. The van der Waals surface area contributed by atoms with E-state index in [0.29, 0.717) is 28.8 Å². The summed E-state index contributed by atoms with van der Waals surface area (Å²) in [6.45, 7) is 17.2. The van der Waals surface area contributed by atoms with E-state index in [9.17, 15) is 9.90 Å². The SMILES string of the molecule is CC1=C(Nc2nc3ccccc3s2)NNC2=C1CCCN2c1ccc(-c2cnn(CC34CC5(C)CC6(OCCN7CCN(C)CC7)CC(C)(C3)C56C4)c2C)c(C(=O)O)n1. The summed E-state index contributed by atoms with van der Waals surface area (Å²) in [5.41, 5.74) is 13.5.